The molecule has 3 unspecified atom stereocenters. The smallest absolute Gasteiger partial charge is 0.306 e. The van der Waals surface area contributed by atoms with Crippen molar-refractivity contribution in [3.05, 3.63) is 36.5 Å². The molecule has 0 radical (unpaired) electrons. The third-order valence-corrected chi connectivity index (χ3v) is 12.2. The van der Waals surface area contributed by atoms with Gasteiger partial charge in [-0.25, -0.2) is 0 Å². The highest BCUT2D eigenvalue weighted by Crippen LogP contribution is 2.18. The molecule has 6 nitrogen and oxygen atoms in total. The Morgan fingerprint density at radius 2 is 0.885 bits per heavy atom. The summed E-state index contributed by atoms with van der Waals surface area (Å²) in [6.45, 7) is 6.38. The molecule has 6 heteroatoms. The predicted molar refractivity (Wildman–Crippen MR) is 264 cm³/mol. The number of carbonyl (C=O) groups excluding carboxylic acids is 2. The molecule has 0 spiro atoms. The molecule has 0 aliphatic carbocycles. The molecule has 358 valence electrons. The first-order chi connectivity index (χ1) is 30.0. The number of unbranched alkanes of at least 4 members (excludes halogenated alkanes) is 30. The van der Waals surface area contributed by atoms with Crippen LogP contribution in [0.5, 0.6) is 0 Å². The number of ether oxygens (including phenoxy) is 1. The van der Waals surface area contributed by atoms with Gasteiger partial charge in [0.2, 0.25) is 5.91 Å². The molecule has 1 amide bonds. The molecule has 0 saturated heterocycles. The lowest BCUT2D eigenvalue weighted by atomic mass is 10.0. The standard InChI is InChI=1S/C55H103NO5/c1-4-7-10-13-16-19-22-25-26-27-28-30-33-36-39-42-45-48-55(60)61-51(46-43-40-37-34-31-24-21-18-15-12-9-6-3)49-54(59)56-52(50-57)53(58)47-44-41-38-35-32-29-23-20-17-14-11-8-5-2/h9,12,18,21,31,34,51-53,57-58H,4-8,10-11,13-17,19-20,22-30,32-33,35-50H2,1-3H3,(H,56,59)/b12-9+,21-18+,34-31+. The Hall–Kier alpha value is -1.92. The molecule has 0 aliphatic heterocycles. The quantitative estimate of drug-likeness (QED) is 0.0322. The van der Waals surface area contributed by atoms with Crippen molar-refractivity contribution in [2.45, 2.75) is 296 Å². The van der Waals surface area contributed by atoms with Crippen LogP contribution in [0.3, 0.4) is 0 Å². The first-order valence-electron chi connectivity index (χ1n) is 26.7. The van der Waals surface area contributed by atoms with Crippen molar-refractivity contribution in [1.82, 2.24) is 5.32 Å². The number of carbonyl (C=O) groups is 2. The molecule has 0 fully saturated rings. The first-order valence-corrected chi connectivity index (χ1v) is 26.7. The minimum Gasteiger partial charge on any atom is -0.462 e. The molecular formula is C55H103NO5. The van der Waals surface area contributed by atoms with Crippen molar-refractivity contribution >= 4 is 11.9 Å². The van der Waals surface area contributed by atoms with E-state index in [4.69, 9.17) is 4.74 Å². The highest BCUT2D eigenvalue weighted by molar-refractivity contribution is 5.77. The highest BCUT2D eigenvalue weighted by Gasteiger charge is 2.24. The van der Waals surface area contributed by atoms with Crippen molar-refractivity contribution in [1.29, 1.82) is 0 Å². The summed E-state index contributed by atoms with van der Waals surface area (Å²) in [5, 5.41) is 23.8. The molecule has 0 heterocycles. The van der Waals surface area contributed by atoms with Crippen LogP contribution in [-0.4, -0.2) is 46.9 Å². The average molecular weight is 858 g/mol. The number of hydrogen-bond acceptors (Lipinski definition) is 5. The number of aliphatic hydroxyl groups is 2. The Bertz CT molecular complexity index is 1010. The summed E-state index contributed by atoms with van der Waals surface area (Å²) >= 11 is 0. The van der Waals surface area contributed by atoms with Gasteiger partial charge in [0.05, 0.1) is 25.2 Å². The molecule has 0 rings (SSSR count). The lowest BCUT2D eigenvalue weighted by Gasteiger charge is -2.24. The van der Waals surface area contributed by atoms with Gasteiger partial charge in [0.1, 0.15) is 6.10 Å². The number of esters is 1. The van der Waals surface area contributed by atoms with E-state index in [-0.39, 0.29) is 24.9 Å². The Kier molecular flexibility index (Phi) is 47.6. The first kappa shape index (κ1) is 59.1. The Morgan fingerprint density at radius 1 is 0.492 bits per heavy atom. The molecular weight excluding hydrogens is 755 g/mol. The van der Waals surface area contributed by atoms with E-state index in [9.17, 15) is 19.8 Å². The summed E-state index contributed by atoms with van der Waals surface area (Å²) in [6.07, 6.45) is 57.8. The van der Waals surface area contributed by atoms with Gasteiger partial charge in [0.25, 0.3) is 0 Å². The van der Waals surface area contributed by atoms with Crippen LogP contribution in [0.4, 0.5) is 0 Å². The van der Waals surface area contributed by atoms with E-state index in [0.29, 0.717) is 19.3 Å². The summed E-state index contributed by atoms with van der Waals surface area (Å²) < 4.78 is 5.92. The van der Waals surface area contributed by atoms with Crippen LogP contribution in [-0.2, 0) is 14.3 Å². The largest absolute Gasteiger partial charge is 0.462 e. The molecule has 3 atom stereocenters. The van der Waals surface area contributed by atoms with Crippen LogP contribution in [0.1, 0.15) is 278 Å². The van der Waals surface area contributed by atoms with Crippen LogP contribution >= 0.6 is 0 Å². The Labute approximate surface area is 379 Å². The average Bonchev–Trinajstić information content (AvgIpc) is 3.25. The van der Waals surface area contributed by atoms with E-state index in [1.54, 1.807) is 0 Å². The molecule has 0 aliphatic rings. The van der Waals surface area contributed by atoms with E-state index >= 15 is 0 Å². The number of rotatable bonds is 48. The summed E-state index contributed by atoms with van der Waals surface area (Å²) in [7, 11) is 0. The number of allylic oxidation sites excluding steroid dienone is 6. The molecule has 0 saturated carbocycles. The number of nitrogens with one attached hydrogen (secondary N) is 1. The van der Waals surface area contributed by atoms with Gasteiger partial charge in [-0.3, -0.25) is 9.59 Å². The maximum atomic E-state index is 13.2. The molecule has 0 aromatic rings. The van der Waals surface area contributed by atoms with E-state index in [1.807, 2.05) is 0 Å². The van der Waals surface area contributed by atoms with Crippen LogP contribution in [0.2, 0.25) is 0 Å². The van der Waals surface area contributed by atoms with Crippen LogP contribution in [0.15, 0.2) is 36.5 Å². The number of aliphatic hydroxyl groups excluding tert-OH is 2. The molecule has 0 aromatic carbocycles. The summed E-state index contributed by atoms with van der Waals surface area (Å²) in [6, 6.07) is -0.710. The zero-order chi connectivity index (χ0) is 44.5. The van der Waals surface area contributed by atoms with Gasteiger partial charge in [-0.05, 0) is 57.8 Å². The third-order valence-electron chi connectivity index (χ3n) is 12.2. The van der Waals surface area contributed by atoms with E-state index in [1.165, 1.54) is 154 Å². The van der Waals surface area contributed by atoms with Crippen molar-refractivity contribution in [2.75, 3.05) is 6.61 Å². The molecule has 0 aromatic heterocycles. The minimum atomic E-state index is -0.795. The van der Waals surface area contributed by atoms with Gasteiger partial charge in [-0.2, -0.15) is 0 Å². The van der Waals surface area contributed by atoms with Gasteiger partial charge < -0.3 is 20.3 Å². The van der Waals surface area contributed by atoms with Crippen LogP contribution < -0.4 is 5.32 Å². The zero-order valence-corrected chi connectivity index (χ0v) is 40.8. The zero-order valence-electron chi connectivity index (χ0n) is 40.8. The maximum Gasteiger partial charge on any atom is 0.306 e. The summed E-state index contributed by atoms with van der Waals surface area (Å²) in [4.78, 5) is 26.1. The van der Waals surface area contributed by atoms with E-state index < -0.39 is 18.2 Å². The van der Waals surface area contributed by atoms with Crippen LogP contribution in [0, 0.1) is 0 Å². The van der Waals surface area contributed by atoms with E-state index in [0.717, 1.165) is 77.0 Å². The molecule has 61 heavy (non-hydrogen) atoms. The van der Waals surface area contributed by atoms with Gasteiger partial charge in [0.15, 0.2) is 0 Å². The van der Waals surface area contributed by atoms with Crippen molar-refractivity contribution in [3.8, 4) is 0 Å². The monoisotopic (exact) mass is 858 g/mol. The van der Waals surface area contributed by atoms with E-state index in [2.05, 4.69) is 62.5 Å². The van der Waals surface area contributed by atoms with Gasteiger partial charge >= 0.3 is 5.97 Å². The third kappa shape index (κ3) is 44.5. The van der Waals surface area contributed by atoms with Crippen molar-refractivity contribution < 1.29 is 24.5 Å². The van der Waals surface area contributed by atoms with Crippen molar-refractivity contribution in [3.63, 3.8) is 0 Å². The number of amides is 1. The van der Waals surface area contributed by atoms with Gasteiger partial charge in [0, 0.05) is 6.42 Å². The van der Waals surface area contributed by atoms with Crippen molar-refractivity contribution in [2.24, 2.45) is 0 Å². The summed E-state index contributed by atoms with van der Waals surface area (Å²) in [5.41, 5.74) is 0. The van der Waals surface area contributed by atoms with Crippen LogP contribution in [0.25, 0.3) is 0 Å². The highest BCUT2D eigenvalue weighted by atomic mass is 16.5. The predicted octanol–water partition coefficient (Wildman–Crippen LogP) is 16.1. The lowest BCUT2D eigenvalue weighted by molar-refractivity contribution is -0.151. The molecule has 3 N–H and O–H groups in total. The van der Waals surface area contributed by atoms with Gasteiger partial charge in [-0.15, -0.1) is 0 Å². The summed E-state index contributed by atoms with van der Waals surface area (Å²) in [5.74, 6) is -0.500. The minimum absolute atomic E-state index is 0.0554. The lowest BCUT2D eigenvalue weighted by Crippen LogP contribution is -2.46. The second-order valence-corrected chi connectivity index (χ2v) is 18.3. The normalized spacial score (nSPS) is 13.5. The second-order valence-electron chi connectivity index (χ2n) is 18.3. The second kappa shape index (κ2) is 49.1. The van der Waals surface area contributed by atoms with Gasteiger partial charge in [-0.1, -0.05) is 243 Å². The Balaban J connectivity index is 4.53. The fourth-order valence-corrected chi connectivity index (χ4v) is 8.21. The fourth-order valence-electron chi connectivity index (χ4n) is 8.21. The topological polar surface area (TPSA) is 95.9 Å². The number of hydrogen-bond donors (Lipinski definition) is 3. The fraction of sp³-hybridized carbons (Fsp3) is 0.855. The molecule has 0 bridgehead atoms. The SMILES string of the molecule is CC/C=C/C/C=C/C/C=C/CCCCC(CC(=O)NC(CO)C(O)CCCCCCCCCCCCCCC)OC(=O)CCCCCCCCCCCCCCCCCCC. The Morgan fingerprint density at radius 3 is 1.33 bits per heavy atom. The maximum absolute atomic E-state index is 13.2.